The highest BCUT2D eigenvalue weighted by molar-refractivity contribution is 7.93. The topological polar surface area (TPSA) is 118 Å². The Kier molecular flexibility index (Phi) is 7.41. The van der Waals surface area contributed by atoms with Crippen molar-refractivity contribution < 1.29 is 32.3 Å². The molecule has 0 spiro atoms. The standard InChI is InChI=1S/C27H32N2O7S/c30-26(28-31)27(12-14-29(15-13-27)19-20-6-7-20)37(32,33)23-10-8-22(9-11-23)34-16-3-17-35-25-18-21-4-1-2-5-24(21)36-25/h1-2,4-5,8-11,18,20,31H,3,6-7,12-17,19H2,(H,28,30). The summed E-state index contributed by atoms with van der Waals surface area (Å²) in [5, 5.41) is 10.3. The number of sulfone groups is 1. The number of nitrogens with zero attached hydrogens (tertiary/aromatic N) is 1. The summed E-state index contributed by atoms with van der Waals surface area (Å²) in [6, 6.07) is 15.6. The molecule has 198 valence electrons. The average molecular weight is 529 g/mol. The minimum atomic E-state index is -4.04. The normalized spacial score (nSPS) is 18.0. The molecule has 37 heavy (non-hydrogen) atoms. The summed E-state index contributed by atoms with van der Waals surface area (Å²) < 4.78 is 42.5. The average Bonchev–Trinajstić information content (AvgIpc) is 3.64. The second kappa shape index (κ2) is 10.7. The van der Waals surface area contributed by atoms with Crippen molar-refractivity contribution in [2.75, 3.05) is 32.8 Å². The third-order valence-electron chi connectivity index (χ3n) is 7.25. The first kappa shape index (κ1) is 25.6. The number of para-hydroxylation sites is 1. The fourth-order valence-electron chi connectivity index (χ4n) is 4.87. The first-order valence-electron chi connectivity index (χ1n) is 12.7. The van der Waals surface area contributed by atoms with E-state index in [1.807, 2.05) is 30.3 Å². The fraction of sp³-hybridized carbons (Fsp3) is 0.444. The van der Waals surface area contributed by atoms with Gasteiger partial charge >= 0.3 is 0 Å². The first-order valence-corrected chi connectivity index (χ1v) is 14.2. The van der Waals surface area contributed by atoms with Crippen molar-refractivity contribution in [1.29, 1.82) is 0 Å². The number of hydrogen-bond donors (Lipinski definition) is 2. The van der Waals surface area contributed by atoms with Crippen LogP contribution in [0.15, 0.2) is 63.9 Å². The molecule has 2 heterocycles. The van der Waals surface area contributed by atoms with Crippen LogP contribution in [-0.2, 0) is 14.6 Å². The molecule has 2 aliphatic rings. The zero-order valence-electron chi connectivity index (χ0n) is 20.6. The van der Waals surface area contributed by atoms with Crippen LogP contribution in [0, 0.1) is 5.92 Å². The number of hydroxylamine groups is 1. The number of furan rings is 1. The zero-order chi connectivity index (χ0) is 25.9. The number of hydrogen-bond acceptors (Lipinski definition) is 8. The summed E-state index contributed by atoms with van der Waals surface area (Å²) in [6.45, 7) is 2.72. The van der Waals surface area contributed by atoms with Crippen LogP contribution in [0.25, 0.3) is 11.0 Å². The Balaban J connectivity index is 1.16. The van der Waals surface area contributed by atoms with Crippen LogP contribution >= 0.6 is 0 Å². The van der Waals surface area contributed by atoms with Crippen LogP contribution in [-0.4, -0.2) is 62.0 Å². The Morgan fingerprint density at radius 2 is 1.76 bits per heavy atom. The molecule has 1 amide bonds. The van der Waals surface area contributed by atoms with E-state index in [0.29, 0.717) is 50.3 Å². The minimum absolute atomic E-state index is 0.0345. The van der Waals surface area contributed by atoms with E-state index in [1.54, 1.807) is 17.6 Å². The maximum absolute atomic E-state index is 13.6. The Morgan fingerprint density at radius 1 is 1.05 bits per heavy atom. The number of nitrogens with one attached hydrogen (secondary N) is 1. The molecule has 3 aromatic rings. The highest BCUT2D eigenvalue weighted by Gasteiger charge is 2.53. The van der Waals surface area contributed by atoms with E-state index in [4.69, 9.17) is 13.9 Å². The van der Waals surface area contributed by atoms with Crippen LogP contribution in [0.5, 0.6) is 11.7 Å². The summed E-state index contributed by atoms with van der Waals surface area (Å²) in [5.41, 5.74) is 2.38. The van der Waals surface area contributed by atoms with Crippen LogP contribution < -0.4 is 15.0 Å². The SMILES string of the molecule is O=C(NO)C1(S(=O)(=O)c2ccc(OCCCOc3cc4ccccc4o3)cc2)CCN(CC2CC2)CC1. The lowest BCUT2D eigenvalue weighted by atomic mass is 9.94. The van der Waals surface area contributed by atoms with Crippen molar-refractivity contribution >= 4 is 26.7 Å². The van der Waals surface area contributed by atoms with Gasteiger partial charge in [0, 0.05) is 37.5 Å². The van der Waals surface area contributed by atoms with E-state index in [9.17, 15) is 18.4 Å². The lowest BCUT2D eigenvalue weighted by Gasteiger charge is -2.39. The van der Waals surface area contributed by atoms with Gasteiger partial charge in [-0.3, -0.25) is 10.0 Å². The molecular formula is C27H32N2O7S. The molecule has 0 bridgehead atoms. The van der Waals surface area contributed by atoms with Gasteiger partial charge in [0.05, 0.1) is 18.1 Å². The van der Waals surface area contributed by atoms with Gasteiger partial charge in [-0.25, -0.2) is 13.9 Å². The van der Waals surface area contributed by atoms with Gasteiger partial charge in [-0.2, -0.15) is 0 Å². The zero-order valence-corrected chi connectivity index (χ0v) is 21.4. The van der Waals surface area contributed by atoms with Gasteiger partial charge in [-0.1, -0.05) is 18.2 Å². The molecule has 0 unspecified atom stereocenters. The number of rotatable bonds is 11. The monoisotopic (exact) mass is 528 g/mol. The highest BCUT2D eigenvalue weighted by Crippen LogP contribution is 2.38. The van der Waals surface area contributed by atoms with E-state index in [-0.39, 0.29) is 17.7 Å². The third kappa shape index (κ3) is 5.46. The number of ether oxygens (including phenoxy) is 2. The molecular weight excluding hydrogens is 496 g/mol. The minimum Gasteiger partial charge on any atom is -0.493 e. The molecule has 0 atom stereocenters. The molecule has 10 heteroatoms. The predicted octanol–water partition coefficient (Wildman–Crippen LogP) is 3.80. The third-order valence-corrected chi connectivity index (χ3v) is 9.76. The van der Waals surface area contributed by atoms with Crippen LogP contribution in [0.2, 0.25) is 0 Å². The number of benzene rings is 2. The second-order valence-corrected chi connectivity index (χ2v) is 12.1. The largest absolute Gasteiger partial charge is 0.493 e. The van der Waals surface area contributed by atoms with Gasteiger partial charge in [-0.05, 0) is 61.9 Å². The quantitative estimate of drug-likeness (QED) is 0.219. The Labute approximate surface area is 216 Å². The number of carbonyl (C=O) groups excluding carboxylic acids is 1. The highest BCUT2D eigenvalue weighted by atomic mass is 32.2. The van der Waals surface area contributed by atoms with Crippen LogP contribution in [0.4, 0.5) is 0 Å². The van der Waals surface area contributed by atoms with Crippen molar-refractivity contribution in [3.63, 3.8) is 0 Å². The molecule has 0 radical (unpaired) electrons. The Morgan fingerprint density at radius 3 is 2.43 bits per heavy atom. The molecule has 1 aliphatic heterocycles. The fourth-order valence-corrected chi connectivity index (χ4v) is 6.83. The number of likely N-dealkylation sites (tertiary alicyclic amines) is 1. The van der Waals surface area contributed by atoms with Crippen molar-refractivity contribution in [2.45, 2.75) is 41.7 Å². The van der Waals surface area contributed by atoms with E-state index in [0.717, 1.165) is 17.5 Å². The number of piperidine rings is 1. The predicted molar refractivity (Wildman–Crippen MR) is 137 cm³/mol. The van der Waals surface area contributed by atoms with Crippen LogP contribution in [0.1, 0.15) is 32.1 Å². The van der Waals surface area contributed by atoms with Crippen LogP contribution in [0.3, 0.4) is 0 Å². The number of amides is 1. The molecule has 1 saturated heterocycles. The van der Waals surface area contributed by atoms with Crippen molar-refractivity contribution in [2.24, 2.45) is 5.92 Å². The lowest BCUT2D eigenvalue weighted by molar-refractivity contribution is -0.133. The molecule has 5 rings (SSSR count). The summed E-state index contributed by atoms with van der Waals surface area (Å²) >= 11 is 0. The Hall–Kier alpha value is -3.08. The lowest BCUT2D eigenvalue weighted by Crippen LogP contribution is -2.57. The van der Waals surface area contributed by atoms with Gasteiger partial charge in [0.1, 0.15) is 11.3 Å². The molecule has 2 N–H and O–H groups in total. The van der Waals surface area contributed by atoms with Gasteiger partial charge in [-0.15, -0.1) is 0 Å². The van der Waals surface area contributed by atoms with Crippen molar-refractivity contribution in [3.05, 3.63) is 54.6 Å². The van der Waals surface area contributed by atoms with Gasteiger partial charge in [0.15, 0.2) is 14.6 Å². The molecule has 1 aliphatic carbocycles. The maximum atomic E-state index is 13.6. The van der Waals surface area contributed by atoms with E-state index < -0.39 is 20.5 Å². The summed E-state index contributed by atoms with van der Waals surface area (Å²) in [7, 11) is -4.04. The second-order valence-electron chi connectivity index (χ2n) is 9.81. The summed E-state index contributed by atoms with van der Waals surface area (Å²) in [5.74, 6) is 0.779. The smallest absolute Gasteiger partial charge is 0.285 e. The Bertz CT molecular complexity index is 1290. The molecule has 1 saturated carbocycles. The number of fused-ring (bicyclic) bond motifs is 1. The van der Waals surface area contributed by atoms with E-state index in [1.165, 1.54) is 25.0 Å². The molecule has 2 aromatic carbocycles. The van der Waals surface area contributed by atoms with Crippen molar-refractivity contribution in [3.8, 4) is 11.7 Å². The van der Waals surface area contributed by atoms with Crippen molar-refractivity contribution in [1.82, 2.24) is 10.4 Å². The summed E-state index contributed by atoms with van der Waals surface area (Å²) in [6.07, 6.45) is 3.30. The van der Waals surface area contributed by atoms with Gasteiger partial charge in [0.25, 0.3) is 11.9 Å². The van der Waals surface area contributed by atoms with Gasteiger partial charge < -0.3 is 18.8 Å². The molecule has 9 nitrogen and oxygen atoms in total. The van der Waals surface area contributed by atoms with Gasteiger partial charge in [0.2, 0.25) is 0 Å². The summed E-state index contributed by atoms with van der Waals surface area (Å²) in [4.78, 5) is 14.9. The number of carbonyl (C=O) groups is 1. The van der Waals surface area contributed by atoms with E-state index >= 15 is 0 Å². The molecule has 2 fully saturated rings. The maximum Gasteiger partial charge on any atom is 0.285 e. The first-order chi connectivity index (χ1) is 17.9. The van der Waals surface area contributed by atoms with E-state index in [2.05, 4.69) is 4.90 Å². The molecule has 1 aromatic heterocycles.